The van der Waals surface area contributed by atoms with Crippen molar-refractivity contribution in [3.63, 3.8) is 0 Å². The molecule has 0 aliphatic heterocycles. The molecule has 0 bridgehead atoms. The number of nitrogens with zero attached hydrogens (tertiary/aromatic N) is 2. The lowest BCUT2D eigenvalue weighted by Crippen LogP contribution is -2.15. The monoisotopic (exact) mass is 293 g/mol. The van der Waals surface area contributed by atoms with Gasteiger partial charge in [0.25, 0.3) is 0 Å². The minimum atomic E-state index is -0.787. The third-order valence-electron chi connectivity index (χ3n) is 2.90. The van der Waals surface area contributed by atoms with Gasteiger partial charge in [0, 0.05) is 30.1 Å². The third-order valence-corrected chi connectivity index (χ3v) is 2.90. The van der Waals surface area contributed by atoms with Crippen LogP contribution in [-0.4, -0.2) is 16.5 Å². The maximum absolute atomic E-state index is 13.5. The normalized spacial score (nSPS) is 10.7. The first-order valence-electron chi connectivity index (χ1n) is 6.76. The summed E-state index contributed by atoms with van der Waals surface area (Å²) in [6.07, 6.45) is 2.69. The van der Waals surface area contributed by atoms with Crippen LogP contribution in [0.15, 0.2) is 24.4 Å². The van der Waals surface area contributed by atoms with Crippen molar-refractivity contribution in [3.8, 4) is 11.8 Å². The van der Waals surface area contributed by atoms with Crippen LogP contribution in [0.4, 0.5) is 8.78 Å². The highest BCUT2D eigenvalue weighted by Crippen LogP contribution is 2.22. The molecule has 0 unspecified atom stereocenters. The topological polar surface area (TPSA) is 47.0 Å². The Bertz CT molecular complexity index is 620. The molecule has 0 aliphatic carbocycles. The zero-order valence-electron chi connectivity index (χ0n) is 12.0. The molecule has 1 heterocycles. The van der Waals surface area contributed by atoms with Crippen LogP contribution >= 0.6 is 0 Å². The predicted octanol–water partition coefficient (Wildman–Crippen LogP) is 3.36. The molecule has 0 saturated heterocycles. The van der Waals surface area contributed by atoms with Gasteiger partial charge in [-0.3, -0.25) is 0 Å². The second-order valence-corrected chi connectivity index (χ2v) is 4.62. The summed E-state index contributed by atoms with van der Waals surface area (Å²) in [7, 11) is 0. The fraction of sp³-hybridized carbons (Fsp3) is 0.333. The van der Waals surface area contributed by atoms with E-state index in [0.717, 1.165) is 36.4 Å². The largest absolute Gasteiger partial charge is 0.421 e. The summed E-state index contributed by atoms with van der Waals surface area (Å²) in [5.41, 5.74) is 1.71. The number of aryl methyl sites for hydroxylation is 1. The van der Waals surface area contributed by atoms with Crippen LogP contribution in [0, 0.1) is 18.6 Å². The minimum Gasteiger partial charge on any atom is -0.421 e. The summed E-state index contributed by atoms with van der Waals surface area (Å²) < 4.78 is 31.5. The summed E-state index contributed by atoms with van der Waals surface area (Å²) in [6.45, 7) is 5.51. The van der Waals surface area contributed by atoms with Gasteiger partial charge in [-0.2, -0.15) is 4.98 Å². The molecule has 0 saturated carbocycles. The van der Waals surface area contributed by atoms with Crippen molar-refractivity contribution in [1.29, 1.82) is 0 Å². The fourth-order valence-electron chi connectivity index (χ4n) is 1.75. The molecule has 1 N–H and O–H groups in total. The van der Waals surface area contributed by atoms with Gasteiger partial charge in [-0.15, -0.1) is 0 Å². The maximum atomic E-state index is 13.5. The van der Waals surface area contributed by atoms with Crippen molar-refractivity contribution in [3.05, 3.63) is 47.3 Å². The van der Waals surface area contributed by atoms with Gasteiger partial charge in [-0.25, -0.2) is 13.8 Å². The first-order valence-corrected chi connectivity index (χ1v) is 6.76. The molecule has 6 heteroatoms. The molecule has 0 fully saturated rings. The van der Waals surface area contributed by atoms with Gasteiger partial charge in [0.15, 0.2) is 11.6 Å². The summed E-state index contributed by atoms with van der Waals surface area (Å²) in [6, 6.07) is 3.12. The van der Waals surface area contributed by atoms with Gasteiger partial charge in [0.2, 0.25) is 0 Å². The smallest absolute Gasteiger partial charge is 0.322 e. The molecular weight excluding hydrogens is 276 g/mol. The minimum absolute atomic E-state index is 0.0391. The zero-order chi connectivity index (χ0) is 15.2. The zero-order valence-corrected chi connectivity index (χ0v) is 12.0. The van der Waals surface area contributed by atoms with Crippen molar-refractivity contribution < 1.29 is 13.5 Å². The van der Waals surface area contributed by atoms with E-state index in [9.17, 15) is 8.78 Å². The van der Waals surface area contributed by atoms with Crippen molar-refractivity contribution in [2.45, 2.75) is 26.8 Å². The summed E-state index contributed by atoms with van der Waals surface area (Å²) in [4.78, 5) is 8.22. The molecule has 4 nitrogen and oxygen atoms in total. The average Bonchev–Trinajstić information content (AvgIpc) is 2.44. The fourth-order valence-corrected chi connectivity index (χ4v) is 1.75. The van der Waals surface area contributed by atoms with Gasteiger partial charge >= 0.3 is 6.01 Å². The van der Waals surface area contributed by atoms with E-state index in [1.807, 2.05) is 6.92 Å². The van der Waals surface area contributed by atoms with Gasteiger partial charge in [-0.05, 0) is 32.0 Å². The lowest BCUT2D eigenvalue weighted by Gasteiger charge is -2.09. The molecule has 0 spiro atoms. The Hall–Kier alpha value is -2.08. The van der Waals surface area contributed by atoms with Crippen LogP contribution in [0.3, 0.4) is 0 Å². The number of nitrogens with one attached hydrogen (secondary N) is 1. The van der Waals surface area contributed by atoms with Crippen LogP contribution in [0.5, 0.6) is 11.8 Å². The molecule has 2 rings (SSSR count). The van der Waals surface area contributed by atoms with Gasteiger partial charge in [0.1, 0.15) is 5.82 Å². The summed E-state index contributed by atoms with van der Waals surface area (Å²) in [5.74, 6) is -1.55. The van der Waals surface area contributed by atoms with Crippen LogP contribution < -0.4 is 10.1 Å². The molecule has 0 aliphatic rings. The Morgan fingerprint density at radius 1 is 1.29 bits per heavy atom. The van der Waals surface area contributed by atoms with Crippen LogP contribution in [-0.2, 0) is 6.54 Å². The molecule has 0 amide bonds. The van der Waals surface area contributed by atoms with Gasteiger partial charge in [-0.1, -0.05) is 6.92 Å². The second kappa shape index (κ2) is 7.08. The number of benzene rings is 1. The first kappa shape index (κ1) is 15.3. The van der Waals surface area contributed by atoms with Gasteiger partial charge < -0.3 is 10.1 Å². The van der Waals surface area contributed by atoms with E-state index in [4.69, 9.17) is 4.74 Å². The second-order valence-electron chi connectivity index (χ2n) is 4.62. The molecule has 1 aromatic heterocycles. The van der Waals surface area contributed by atoms with Crippen LogP contribution in [0.25, 0.3) is 0 Å². The Morgan fingerprint density at radius 3 is 2.76 bits per heavy atom. The van der Waals surface area contributed by atoms with Crippen molar-refractivity contribution in [2.24, 2.45) is 0 Å². The highest BCUT2D eigenvalue weighted by Gasteiger charge is 2.09. The van der Waals surface area contributed by atoms with Gasteiger partial charge in [0.05, 0.1) is 0 Å². The predicted molar refractivity (Wildman–Crippen MR) is 75.2 cm³/mol. The van der Waals surface area contributed by atoms with Crippen molar-refractivity contribution in [2.75, 3.05) is 6.54 Å². The number of ether oxygens (including phenoxy) is 1. The lowest BCUT2D eigenvalue weighted by atomic mass is 10.2. The molecule has 2 aromatic rings. The molecule has 112 valence electrons. The summed E-state index contributed by atoms with van der Waals surface area (Å²) >= 11 is 0. The van der Waals surface area contributed by atoms with E-state index in [1.54, 1.807) is 6.20 Å². The lowest BCUT2D eigenvalue weighted by molar-refractivity contribution is 0.406. The molecular formula is C15H17F2N3O. The van der Waals surface area contributed by atoms with Crippen LogP contribution in [0.1, 0.15) is 24.6 Å². The van der Waals surface area contributed by atoms with E-state index in [2.05, 4.69) is 22.2 Å². The number of hydrogen-bond acceptors (Lipinski definition) is 4. The highest BCUT2D eigenvalue weighted by molar-refractivity contribution is 5.28. The number of hydrogen-bond donors (Lipinski definition) is 1. The highest BCUT2D eigenvalue weighted by atomic mass is 19.1. The average molecular weight is 293 g/mol. The van der Waals surface area contributed by atoms with E-state index in [1.165, 1.54) is 6.07 Å². The van der Waals surface area contributed by atoms with Crippen molar-refractivity contribution in [1.82, 2.24) is 15.3 Å². The Morgan fingerprint density at radius 2 is 2.10 bits per heavy atom. The Labute approximate surface area is 122 Å². The van der Waals surface area contributed by atoms with Crippen molar-refractivity contribution >= 4 is 0 Å². The SMILES string of the molecule is CCCNCc1cnc(Oc2ccc(F)cc2F)nc1C. The van der Waals surface area contributed by atoms with E-state index >= 15 is 0 Å². The van der Waals surface area contributed by atoms with E-state index in [0.29, 0.717) is 6.54 Å². The Kier molecular flexibility index (Phi) is 5.16. The first-order chi connectivity index (χ1) is 10.1. The molecule has 1 aromatic carbocycles. The standard InChI is InChI=1S/C15H17F2N3O/c1-3-6-18-8-11-9-19-15(20-10(11)2)21-14-5-4-12(16)7-13(14)17/h4-5,7,9,18H,3,6,8H2,1-2H3. The number of halogens is 2. The summed E-state index contributed by atoms with van der Waals surface area (Å²) in [5, 5.41) is 3.25. The molecule has 0 atom stereocenters. The Balaban J connectivity index is 2.09. The number of aromatic nitrogens is 2. The molecule has 0 radical (unpaired) electrons. The number of rotatable bonds is 6. The molecule has 21 heavy (non-hydrogen) atoms. The van der Waals surface area contributed by atoms with Crippen LogP contribution in [0.2, 0.25) is 0 Å². The van der Waals surface area contributed by atoms with E-state index in [-0.39, 0.29) is 11.8 Å². The quantitative estimate of drug-likeness (QED) is 0.830. The maximum Gasteiger partial charge on any atom is 0.322 e. The third kappa shape index (κ3) is 4.19. The van der Waals surface area contributed by atoms with E-state index < -0.39 is 11.6 Å².